The molecule has 0 aliphatic carbocycles. The van der Waals surface area contributed by atoms with Crippen LogP contribution in [-0.2, 0) is 16.1 Å². The van der Waals surface area contributed by atoms with E-state index in [1.165, 1.54) is 12.1 Å². The first-order valence-corrected chi connectivity index (χ1v) is 9.90. The molecule has 0 aliphatic heterocycles. The Morgan fingerprint density at radius 2 is 1.90 bits per heavy atom. The van der Waals surface area contributed by atoms with E-state index in [-0.39, 0.29) is 13.2 Å². The maximum absolute atomic E-state index is 13.7. The summed E-state index contributed by atoms with van der Waals surface area (Å²) in [5.74, 6) is -1.27. The Balaban J connectivity index is 1.86. The number of esters is 1. The first kappa shape index (κ1) is 19.0. The van der Waals surface area contributed by atoms with E-state index >= 15 is 0 Å². The number of rotatable bonds is 4. The van der Waals surface area contributed by atoms with Gasteiger partial charge in [0.25, 0.3) is 5.91 Å². The number of benzene rings is 3. The van der Waals surface area contributed by atoms with Crippen LogP contribution < -0.4 is 4.80 Å². The quantitative estimate of drug-likeness (QED) is 0.473. The highest BCUT2D eigenvalue weighted by molar-refractivity contribution is 7.16. The van der Waals surface area contributed by atoms with Crippen LogP contribution >= 0.6 is 11.3 Å². The summed E-state index contributed by atoms with van der Waals surface area (Å²) in [6.07, 6.45) is 0. The lowest BCUT2D eigenvalue weighted by molar-refractivity contribution is -0.143. The highest BCUT2D eigenvalue weighted by Crippen LogP contribution is 2.21. The molecule has 0 saturated heterocycles. The number of halogens is 1. The van der Waals surface area contributed by atoms with Crippen LogP contribution in [0.15, 0.2) is 65.7 Å². The molecule has 0 radical (unpaired) electrons. The van der Waals surface area contributed by atoms with Crippen LogP contribution in [0.1, 0.15) is 17.3 Å². The molecule has 5 nitrogen and oxygen atoms in total. The van der Waals surface area contributed by atoms with Crippen LogP contribution in [0.3, 0.4) is 0 Å². The Morgan fingerprint density at radius 1 is 1.10 bits per heavy atom. The van der Waals surface area contributed by atoms with Crippen LogP contribution in [0.5, 0.6) is 0 Å². The maximum atomic E-state index is 13.7. The first-order valence-electron chi connectivity index (χ1n) is 9.08. The summed E-state index contributed by atoms with van der Waals surface area (Å²) in [6, 6.07) is 17.3. The normalized spacial score (nSPS) is 11.9. The SMILES string of the molecule is CCOC(=O)Cn1c(=NC(=O)c2cccc3ccccc23)sc2cc(F)ccc21. The van der Waals surface area contributed by atoms with Crippen molar-refractivity contribution in [2.24, 2.45) is 4.99 Å². The molecule has 1 heterocycles. The molecule has 0 atom stereocenters. The van der Waals surface area contributed by atoms with Gasteiger partial charge in [0, 0.05) is 5.56 Å². The second-order valence-electron chi connectivity index (χ2n) is 6.33. The topological polar surface area (TPSA) is 60.7 Å². The predicted molar refractivity (Wildman–Crippen MR) is 110 cm³/mol. The molecule has 0 bridgehead atoms. The van der Waals surface area contributed by atoms with E-state index in [0.717, 1.165) is 22.1 Å². The number of ether oxygens (including phenoxy) is 1. The molecule has 4 rings (SSSR count). The minimum atomic E-state index is -0.449. The zero-order valence-corrected chi connectivity index (χ0v) is 16.4. The molecular formula is C22H17FN2O3S. The van der Waals surface area contributed by atoms with Crippen molar-refractivity contribution in [3.8, 4) is 0 Å². The summed E-state index contributed by atoms with van der Waals surface area (Å²) in [5.41, 5.74) is 1.09. The van der Waals surface area contributed by atoms with Gasteiger partial charge >= 0.3 is 5.97 Å². The lowest BCUT2D eigenvalue weighted by Crippen LogP contribution is -2.23. The van der Waals surface area contributed by atoms with Gasteiger partial charge in [0.1, 0.15) is 12.4 Å². The molecule has 1 amide bonds. The van der Waals surface area contributed by atoms with Crippen molar-refractivity contribution in [1.82, 2.24) is 4.57 Å². The van der Waals surface area contributed by atoms with E-state index in [1.54, 1.807) is 29.7 Å². The van der Waals surface area contributed by atoms with Crippen molar-refractivity contribution in [1.29, 1.82) is 0 Å². The van der Waals surface area contributed by atoms with Crippen LogP contribution in [0, 0.1) is 5.82 Å². The van der Waals surface area contributed by atoms with Crippen molar-refractivity contribution in [3.05, 3.63) is 76.8 Å². The monoisotopic (exact) mass is 408 g/mol. The molecule has 0 aliphatic rings. The van der Waals surface area contributed by atoms with Gasteiger partial charge in [0.15, 0.2) is 4.80 Å². The summed E-state index contributed by atoms with van der Waals surface area (Å²) in [5, 5.41) is 1.74. The van der Waals surface area contributed by atoms with E-state index in [1.807, 2.05) is 30.3 Å². The third-order valence-corrected chi connectivity index (χ3v) is 5.50. The van der Waals surface area contributed by atoms with Gasteiger partial charge in [-0.2, -0.15) is 4.99 Å². The Morgan fingerprint density at radius 3 is 2.72 bits per heavy atom. The number of hydrogen-bond acceptors (Lipinski definition) is 4. The van der Waals surface area contributed by atoms with Crippen LogP contribution in [0.4, 0.5) is 4.39 Å². The number of fused-ring (bicyclic) bond motifs is 2. The van der Waals surface area contributed by atoms with Gasteiger partial charge in [-0.3, -0.25) is 9.59 Å². The number of carbonyl (C=O) groups is 2. The third kappa shape index (κ3) is 3.82. The van der Waals surface area contributed by atoms with Gasteiger partial charge < -0.3 is 9.30 Å². The van der Waals surface area contributed by atoms with Gasteiger partial charge in [-0.1, -0.05) is 47.7 Å². The van der Waals surface area contributed by atoms with E-state index in [0.29, 0.717) is 20.6 Å². The molecule has 0 N–H and O–H groups in total. The molecule has 3 aromatic carbocycles. The van der Waals surface area contributed by atoms with E-state index in [4.69, 9.17) is 4.74 Å². The van der Waals surface area contributed by atoms with Gasteiger partial charge in [-0.25, -0.2) is 4.39 Å². The maximum Gasteiger partial charge on any atom is 0.326 e. The lowest BCUT2D eigenvalue weighted by atomic mass is 10.0. The van der Waals surface area contributed by atoms with Crippen LogP contribution in [0.2, 0.25) is 0 Å². The van der Waals surface area contributed by atoms with Gasteiger partial charge in [-0.05, 0) is 42.0 Å². The average molecular weight is 408 g/mol. The standard InChI is InChI=1S/C22H17FN2O3S/c1-2-28-20(26)13-25-18-11-10-15(23)12-19(18)29-22(25)24-21(27)17-9-5-7-14-6-3-4-8-16(14)17/h3-12H,2,13H2,1H3. The van der Waals surface area contributed by atoms with E-state index < -0.39 is 17.7 Å². The molecule has 4 aromatic rings. The molecule has 146 valence electrons. The van der Waals surface area contributed by atoms with Crippen molar-refractivity contribution in [2.75, 3.05) is 6.61 Å². The lowest BCUT2D eigenvalue weighted by Gasteiger charge is -2.05. The second-order valence-corrected chi connectivity index (χ2v) is 7.34. The summed E-state index contributed by atoms with van der Waals surface area (Å²) in [7, 11) is 0. The zero-order valence-electron chi connectivity index (χ0n) is 15.6. The van der Waals surface area contributed by atoms with Crippen LogP contribution in [0.25, 0.3) is 21.0 Å². The molecule has 0 spiro atoms. The van der Waals surface area contributed by atoms with Gasteiger partial charge in [0.05, 0.1) is 16.8 Å². The minimum absolute atomic E-state index is 0.110. The van der Waals surface area contributed by atoms with Crippen molar-refractivity contribution in [3.63, 3.8) is 0 Å². The molecule has 1 aromatic heterocycles. The highest BCUT2D eigenvalue weighted by Gasteiger charge is 2.14. The number of carbonyl (C=O) groups excluding carboxylic acids is 2. The smallest absolute Gasteiger partial charge is 0.326 e. The fourth-order valence-electron chi connectivity index (χ4n) is 3.18. The number of hydrogen-bond donors (Lipinski definition) is 0. The Hall–Kier alpha value is -3.32. The van der Waals surface area contributed by atoms with Gasteiger partial charge in [0.2, 0.25) is 0 Å². The highest BCUT2D eigenvalue weighted by atomic mass is 32.1. The summed E-state index contributed by atoms with van der Waals surface area (Å²) < 4.78 is 20.9. The fraction of sp³-hybridized carbons (Fsp3) is 0.136. The van der Waals surface area contributed by atoms with E-state index in [2.05, 4.69) is 4.99 Å². The van der Waals surface area contributed by atoms with E-state index in [9.17, 15) is 14.0 Å². The minimum Gasteiger partial charge on any atom is -0.465 e. The van der Waals surface area contributed by atoms with Crippen molar-refractivity contribution < 1.29 is 18.7 Å². The summed E-state index contributed by atoms with van der Waals surface area (Å²) in [4.78, 5) is 29.6. The fourth-order valence-corrected chi connectivity index (χ4v) is 4.23. The van der Waals surface area contributed by atoms with Gasteiger partial charge in [-0.15, -0.1) is 0 Å². The number of thiazole rings is 1. The Labute approximate surface area is 169 Å². The molecule has 0 unspecified atom stereocenters. The second kappa shape index (κ2) is 7.97. The number of amides is 1. The van der Waals surface area contributed by atoms with Crippen molar-refractivity contribution >= 4 is 44.2 Å². The Kier molecular flexibility index (Phi) is 5.22. The van der Waals surface area contributed by atoms with Crippen molar-refractivity contribution in [2.45, 2.75) is 13.5 Å². The molecule has 0 saturated carbocycles. The number of aromatic nitrogens is 1. The predicted octanol–water partition coefficient (Wildman–Crippen LogP) is 4.30. The molecule has 7 heteroatoms. The Bertz CT molecular complexity index is 1300. The third-order valence-electron chi connectivity index (χ3n) is 4.45. The molecule has 0 fully saturated rings. The number of nitrogens with zero attached hydrogens (tertiary/aromatic N) is 2. The largest absolute Gasteiger partial charge is 0.465 e. The van der Waals surface area contributed by atoms with Crippen LogP contribution in [-0.4, -0.2) is 23.1 Å². The molecular weight excluding hydrogens is 391 g/mol. The molecule has 29 heavy (non-hydrogen) atoms. The summed E-state index contributed by atoms with van der Waals surface area (Å²) >= 11 is 1.15. The zero-order chi connectivity index (χ0) is 20.4. The summed E-state index contributed by atoms with van der Waals surface area (Å²) in [6.45, 7) is 1.86. The first-order chi connectivity index (χ1) is 14.1. The average Bonchev–Trinajstić information content (AvgIpc) is 3.03.